The third kappa shape index (κ3) is 4.31. The Hall–Kier alpha value is -4.30. The lowest BCUT2D eigenvalue weighted by atomic mass is 9.93. The van der Waals surface area contributed by atoms with Crippen LogP contribution in [-0.4, -0.2) is 35.0 Å². The number of methoxy groups -OCH3 is 2. The second-order valence-corrected chi connectivity index (χ2v) is 7.94. The van der Waals surface area contributed by atoms with Crippen LogP contribution in [0.5, 0.6) is 11.5 Å². The highest BCUT2D eigenvalue weighted by molar-refractivity contribution is 6.17. The standard InChI is InChI=1S/C27H23FN4O3/c1-34-23-10-8-18(12-24(23)35-2)31-27-30-14-17-13-29-26(20-5-3-4-6-22(20)28)21-11-16(15-33)7-9-19(21)25(17)32-27/h3-12,14,33H,13,15H2,1-2H3,(H,30,31,32). The molecule has 0 unspecified atom stereocenters. The number of ether oxygens (including phenoxy) is 2. The van der Waals surface area contributed by atoms with Gasteiger partial charge in [0.25, 0.3) is 0 Å². The van der Waals surface area contributed by atoms with E-state index in [-0.39, 0.29) is 12.4 Å². The maximum Gasteiger partial charge on any atom is 0.227 e. The fourth-order valence-electron chi connectivity index (χ4n) is 4.08. The summed E-state index contributed by atoms with van der Waals surface area (Å²) in [5, 5.41) is 12.9. The SMILES string of the molecule is COc1ccc(Nc2ncc3c(n2)-c2ccc(CO)cc2C(c2ccccc2F)=NC3)cc1OC. The first-order valence-electron chi connectivity index (χ1n) is 11.0. The van der Waals surface area contributed by atoms with Crippen molar-refractivity contribution in [3.8, 4) is 22.8 Å². The zero-order valence-corrected chi connectivity index (χ0v) is 19.2. The van der Waals surface area contributed by atoms with Gasteiger partial charge in [-0.1, -0.05) is 24.3 Å². The van der Waals surface area contributed by atoms with Gasteiger partial charge in [-0.25, -0.2) is 14.4 Å². The first-order chi connectivity index (χ1) is 17.1. The van der Waals surface area contributed by atoms with E-state index in [0.717, 1.165) is 16.8 Å². The number of nitrogens with one attached hydrogen (secondary N) is 1. The molecule has 0 aliphatic carbocycles. The van der Waals surface area contributed by atoms with E-state index >= 15 is 0 Å². The summed E-state index contributed by atoms with van der Waals surface area (Å²) in [6.45, 7) is 0.152. The Bertz CT molecular complexity index is 1440. The van der Waals surface area contributed by atoms with Crippen LogP contribution in [-0.2, 0) is 13.2 Å². The minimum Gasteiger partial charge on any atom is -0.493 e. The highest BCUT2D eigenvalue weighted by Crippen LogP contribution is 2.34. The van der Waals surface area contributed by atoms with Crippen LogP contribution in [0.25, 0.3) is 11.3 Å². The van der Waals surface area contributed by atoms with Gasteiger partial charge >= 0.3 is 0 Å². The van der Waals surface area contributed by atoms with Crippen LogP contribution < -0.4 is 14.8 Å². The van der Waals surface area contributed by atoms with Crippen molar-refractivity contribution < 1.29 is 19.0 Å². The molecule has 2 N–H and O–H groups in total. The van der Waals surface area contributed by atoms with Crippen molar-refractivity contribution in [1.82, 2.24) is 9.97 Å². The summed E-state index contributed by atoms with van der Waals surface area (Å²) in [6.07, 6.45) is 1.73. The number of anilines is 2. The number of aliphatic hydroxyl groups is 1. The average Bonchev–Trinajstić information content (AvgIpc) is 3.05. The molecule has 1 aromatic heterocycles. The lowest BCUT2D eigenvalue weighted by Crippen LogP contribution is -2.08. The summed E-state index contributed by atoms with van der Waals surface area (Å²) in [4.78, 5) is 14.0. The highest BCUT2D eigenvalue weighted by Gasteiger charge is 2.23. The van der Waals surface area contributed by atoms with E-state index in [0.29, 0.717) is 52.1 Å². The molecule has 0 bridgehead atoms. The molecule has 35 heavy (non-hydrogen) atoms. The number of hydrogen-bond acceptors (Lipinski definition) is 7. The van der Waals surface area contributed by atoms with Gasteiger partial charge in [-0.3, -0.25) is 4.99 Å². The molecule has 0 saturated carbocycles. The maximum absolute atomic E-state index is 14.7. The monoisotopic (exact) mass is 470 g/mol. The van der Waals surface area contributed by atoms with E-state index in [1.807, 2.05) is 24.3 Å². The van der Waals surface area contributed by atoms with E-state index in [9.17, 15) is 9.50 Å². The molecule has 4 aromatic rings. The Labute approximate surface area is 201 Å². The Balaban J connectivity index is 1.59. The van der Waals surface area contributed by atoms with Crippen molar-refractivity contribution in [1.29, 1.82) is 0 Å². The summed E-state index contributed by atoms with van der Waals surface area (Å²) >= 11 is 0. The van der Waals surface area contributed by atoms with Crippen molar-refractivity contribution in [2.75, 3.05) is 19.5 Å². The second kappa shape index (κ2) is 9.52. The summed E-state index contributed by atoms with van der Waals surface area (Å²) in [5.74, 6) is 1.23. The van der Waals surface area contributed by atoms with Crippen molar-refractivity contribution in [2.45, 2.75) is 13.2 Å². The number of halogens is 1. The molecule has 0 amide bonds. The lowest BCUT2D eigenvalue weighted by molar-refractivity contribution is 0.282. The number of fused-ring (bicyclic) bond motifs is 3. The van der Waals surface area contributed by atoms with Crippen molar-refractivity contribution in [2.24, 2.45) is 4.99 Å². The summed E-state index contributed by atoms with van der Waals surface area (Å²) < 4.78 is 25.4. The van der Waals surface area contributed by atoms with Gasteiger partial charge in [0.1, 0.15) is 5.82 Å². The zero-order valence-electron chi connectivity index (χ0n) is 19.2. The zero-order chi connectivity index (χ0) is 24.4. The van der Waals surface area contributed by atoms with E-state index in [4.69, 9.17) is 19.5 Å². The van der Waals surface area contributed by atoms with Gasteiger partial charge in [0.2, 0.25) is 5.95 Å². The molecule has 0 saturated heterocycles. The van der Waals surface area contributed by atoms with Crippen LogP contribution in [0.2, 0.25) is 0 Å². The molecule has 8 heteroatoms. The van der Waals surface area contributed by atoms with Gasteiger partial charge in [-0.2, -0.15) is 0 Å². The minimum absolute atomic E-state index is 0.138. The van der Waals surface area contributed by atoms with Crippen LogP contribution in [0.4, 0.5) is 16.0 Å². The first kappa shape index (κ1) is 22.5. The Kier molecular flexibility index (Phi) is 6.12. The van der Waals surface area contributed by atoms with E-state index in [1.54, 1.807) is 50.7 Å². The molecule has 7 nitrogen and oxygen atoms in total. The molecule has 3 aromatic carbocycles. The fraction of sp³-hybridized carbons (Fsp3) is 0.148. The smallest absolute Gasteiger partial charge is 0.227 e. The number of hydrogen-bond donors (Lipinski definition) is 2. The lowest BCUT2D eigenvalue weighted by Gasteiger charge is -2.14. The van der Waals surface area contributed by atoms with Gasteiger partial charge < -0.3 is 19.9 Å². The molecular weight excluding hydrogens is 447 g/mol. The number of aliphatic hydroxyl groups excluding tert-OH is 1. The van der Waals surface area contributed by atoms with Crippen molar-refractivity contribution >= 4 is 17.3 Å². The number of nitrogens with zero attached hydrogens (tertiary/aromatic N) is 3. The third-order valence-electron chi connectivity index (χ3n) is 5.82. The highest BCUT2D eigenvalue weighted by atomic mass is 19.1. The topological polar surface area (TPSA) is 88.9 Å². The molecule has 1 aliphatic heterocycles. The van der Waals surface area contributed by atoms with Gasteiger partial charge in [-0.05, 0) is 35.9 Å². The van der Waals surface area contributed by atoms with Crippen LogP contribution in [0.3, 0.4) is 0 Å². The second-order valence-electron chi connectivity index (χ2n) is 7.94. The van der Waals surface area contributed by atoms with Crippen LogP contribution >= 0.6 is 0 Å². The number of rotatable bonds is 6. The van der Waals surface area contributed by atoms with E-state index in [2.05, 4.69) is 10.3 Å². The predicted molar refractivity (Wildman–Crippen MR) is 132 cm³/mol. The number of aliphatic imine (C=N–C) groups is 1. The summed E-state index contributed by atoms with van der Waals surface area (Å²) in [6, 6.07) is 17.5. The molecule has 1 aliphatic rings. The normalized spacial score (nSPS) is 12.2. The number of benzene rings is 3. The molecule has 0 spiro atoms. The van der Waals surface area contributed by atoms with Crippen LogP contribution in [0, 0.1) is 5.82 Å². The van der Waals surface area contributed by atoms with Gasteiger partial charge in [0.05, 0.1) is 38.8 Å². The molecular formula is C27H23FN4O3. The molecule has 5 rings (SSSR count). The van der Waals surface area contributed by atoms with Crippen molar-refractivity contribution in [3.05, 3.63) is 94.9 Å². The van der Waals surface area contributed by atoms with E-state index < -0.39 is 0 Å². The van der Waals surface area contributed by atoms with Gasteiger partial charge in [0, 0.05) is 40.2 Å². The Morgan fingerprint density at radius 2 is 1.77 bits per heavy atom. The van der Waals surface area contributed by atoms with Crippen LogP contribution in [0.15, 0.2) is 71.9 Å². The van der Waals surface area contributed by atoms with Gasteiger partial charge in [-0.15, -0.1) is 0 Å². The van der Waals surface area contributed by atoms with Crippen molar-refractivity contribution in [3.63, 3.8) is 0 Å². The Morgan fingerprint density at radius 3 is 2.54 bits per heavy atom. The number of aromatic nitrogens is 2. The molecule has 176 valence electrons. The predicted octanol–water partition coefficient (Wildman–Crippen LogP) is 4.89. The maximum atomic E-state index is 14.7. The minimum atomic E-state index is -0.362. The third-order valence-corrected chi connectivity index (χ3v) is 5.82. The molecule has 2 heterocycles. The van der Waals surface area contributed by atoms with Crippen LogP contribution in [0.1, 0.15) is 22.3 Å². The quantitative estimate of drug-likeness (QED) is 0.417. The largest absolute Gasteiger partial charge is 0.493 e. The van der Waals surface area contributed by atoms with Gasteiger partial charge in [0.15, 0.2) is 11.5 Å². The molecule has 0 atom stereocenters. The van der Waals surface area contributed by atoms with E-state index in [1.165, 1.54) is 6.07 Å². The average molecular weight is 471 g/mol. The Morgan fingerprint density at radius 1 is 0.943 bits per heavy atom. The summed E-state index contributed by atoms with van der Waals surface area (Å²) in [7, 11) is 3.16. The summed E-state index contributed by atoms with van der Waals surface area (Å²) in [5.41, 5.74) is 5.34. The fourth-order valence-corrected chi connectivity index (χ4v) is 4.08. The molecule has 0 radical (unpaired) electrons. The molecule has 0 fully saturated rings. The first-order valence-corrected chi connectivity index (χ1v) is 11.0.